The third-order valence-electron chi connectivity index (χ3n) is 8.30. The molecule has 0 saturated carbocycles. The monoisotopic (exact) mass is 511 g/mol. The molecule has 1 aromatic carbocycles. The van der Waals surface area contributed by atoms with Gasteiger partial charge in [-0.25, -0.2) is 4.98 Å². The van der Waals surface area contributed by atoms with Crippen LogP contribution in [-0.4, -0.2) is 68.4 Å². The minimum atomic E-state index is -0.765. The smallest absolute Gasteiger partial charge is 0.226 e. The normalized spacial score (nSPS) is 32.9. The van der Waals surface area contributed by atoms with Gasteiger partial charge in [0.05, 0.1) is 12.9 Å². The second-order valence-corrected chi connectivity index (χ2v) is 11.3. The molecule has 2 aromatic heterocycles. The van der Waals surface area contributed by atoms with Crippen LogP contribution < -0.4 is 4.90 Å². The van der Waals surface area contributed by atoms with Gasteiger partial charge in [-0.1, -0.05) is 24.3 Å². The Morgan fingerprint density at radius 3 is 2.83 bits per heavy atom. The molecule has 1 aliphatic carbocycles. The first-order chi connectivity index (χ1) is 17.4. The number of aryl methyl sites for hydroxylation is 1. The number of hydrogen-bond acceptors (Lipinski definition) is 8. The van der Waals surface area contributed by atoms with E-state index in [9.17, 15) is 5.11 Å². The van der Waals surface area contributed by atoms with E-state index < -0.39 is 24.2 Å². The topological polar surface area (TPSA) is 94.8 Å². The van der Waals surface area contributed by atoms with Crippen LogP contribution in [0.3, 0.4) is 0 Å². The lowest BCUT2D eigenvalue weighted by atomic mass is 9.69. The minimum Gasteiger partial charge on any atom is -0.394 e. The molecule has 0 bridgehead atoms. The number of nitrogens with zero attached hydrogens (tertiary/aromatic N) is 5. The molecule has 9 nitrogen and oxygen atoms in total. The van der Waals surface area contributed by atoms with Crippen molar-refractivity contribution in [1.82, 2.24) is 19.5 Å². The fourth-order valence-electron chi connectivity index (χ4n) is 6.80. The van der Waals surface area contributed by atoms with Crippen LogP contribution in [0.2, 0.25) is 5.28 Å². The number of ether oxygens (including phenoxy) is 3. The van der Waals surface area contributed by atoms with E-state index in [0.717, 1.165) is 31.7 Å². The Labute approximate surface area is 214 Å². The molecule has 190 valence electrons. The van der Waals surface area contributed by atoms with Crippen molar-refractivity contribution in [2.45, 2.75) is 75.3 Å². The second-order valence-electron chi connectivity index (χ2n) is 10.9. The number of halogens is 1. The molecular formula is C26H30ClN5O4. The van der Waals surface area contributed by atoms with E-state index in [1.54, 1.807) is 6.33 Å². The summed E-state index contributed by atoms with van der Waals surface area (Å²) in [7, 11) is 0. The molecule has 7 rings (SSSR count). The summed E-state index contributed by atoms with van der Waals surface area (Å²) in [4.78, 5) is 16.2. The number of aromatic nitrogens is 4. The van der Waals surface area contributed by atoms with E-state index in [1.807, 2.05) is 18.4 Å². The number of hydrogen-bond donors (Lipinski definition) is 1. The lowest BCUT2D eigenvalue weighted by Gasteiger charge is -2.36. The number of benzene rings is 1. The zero-order chi connectivity index (χ0) is 24.7. The third-order valence-corrected chi connectivity index (χ3v) is 8.47. The minimum absolute atomic E-state index is 0.123. The highest BCUT2D eigenvalue weighted by atomic mass is 35.5. The van der Waals surface area contributed by atoms with Gasteiger partial charge in [0, 0.05) is 18.5 Å². The predicted octanol–water partition coefficient (Wildman–Crippen LogP) is 3.37. The van der Waals surface area contributed by atoms with Crippen LogP contribution in [-0.2, 0) is 26.0 Å². The summed E-state index contributed by atoms with van der Waals surface area (Å²) in [5.74, 6) is -0.0140. The van der Waals surface area contributed by atoms with Crippen molar-refractivity contribution in [3.05, 3.63) is 47.0 Å². The summed E-state index contributed by atoms with van der Waals surface area (Å²) in [6.07, 6.45) is 4.46. The predicted molar refractivity (Wildman–Crippen MR) is 133 cm³/mol. The summed E-state index contributed by atoms with van der Waals surface area (Å²) < 4.78 is 20.2. The zero-order valence-corrected chi connectivity index (χ0v) is 21.2. The maximum Gasteiger partial charge on any atom is 0.226 e. The van der Waals surface area contributed by atoms with Gasteiger partial charge < -0.3 is 24.2 Å². The van der Waals surface area contributed by atoms with Gasteiger partial charge in [-0.05, 0) is 62.3 Å². The van der Waals surface area contributed by atoms with Crippen LogP contribution in [0.25, 0.3) is 11.2 Å². The van der Waals surface area contributed by atoms with Gasteiger partial charge in [0.2, 0.25) is 5.28 Å². The highest BCUT2D eigenvalue weighted by Gasteiger charge is 2.56. The summed E-state index contributed by atoms with van der Waals surface area (Å²) in [6.45, 7) is 5.33. The van der Waals surface area contributed by atoms with Crippen molar-refractivity contribution < 1.29 is 19.3 Å². The van der Waals surface area contributed by atoms with E-state index in [2.05, 4.69) is 39.1 Å². The molecule has 3 saturated heterocycles. The van der Waals surface area contributed by atoms with Gasteiger partial charge >= 0.3 is 0 Å². The standard InChI is InChI=1S/C26H30ClN5O4/c1-25(2)35-19-17(12-33)34-23(20(19)36-25)32-14-28-18-21(29-24(27)30-22(18)32)31-11-10-26(13-31)9-5-7-15-6-3-4-8-16(15)26/h3-4,6,8,14,17,19-20,23,33H,5,7,9-13H2,1-2H3/t17-,19?,20+,23-,26?/m1/s1. The van der Waals surface area contributed by atoms with Gasteiger partial charge in [-0.15, -0.1) is 0 Å². The molecule has 1 spiro atoms. The molecule has 5 heterocycles. The first-order valence-electron chi connectivity index (χ1n) is 12.7. The van der Waals surface area contributed by atoms with E-state index in [1.165, 1.54) is 24.0 Å². The third kappa shape index (κ3) is 3.40. The molecule has 3 aliphatic heterocycles. The zero-order valence-electron chi connectivity index (χ0n) is 20.4. The summed E-state index contributed by atoms with van der Waals surface area (Å²) in [5.41, 5.74) is 4.34. The van der Waals surface area contributed by atoms with Crippen LogP contribution in [0.5, 0.6) is 0 Å². The SMILES string of the molecule is CC1(C)OC2[C@@H](CO)O[C@@H](n3cnc4c(N5CCC6(CCCc7ccccc76)C5)nc(Cl)nc43)[C@H]2O1. The van der Waals surface area contributed by atoms with E-state index >= 15 is 0 Å². The van der Waals surface area contributed by atoms with E-state index in [4.69, 9.17) is 30.8 Å². The first kappa shape index (κ1) is 22.9. The molecule has 0 radical (unpaired) electrons. The summed E-state index contributed by atoms with van der Waals surface area (Å²) >= 11 is 6.48. The number of fused-ring (bicyclic) bond motifs is 4. The number of anilines is 1. The second kappa shape index (κ2) is 8.10. The fourth-order valence-corrected chi connectivity index (χ4v) is 6.96. The Kier molecular flexibility index (Phi) is 5.14. The molecule has 4 aliphatic rings. The van der Waals surface area contributed by atoms with Crippen molar-refractivity contribution in [1.29, 1.82) is 0 Å². The molecular weight excluding hydrogens is 482 g/mol. The van der Waals surface area contributed by atoms with Crippen molar-refractivity contribution in [3.63, 3.8) is 0 Å². The van der Waals surface area contributed by atoms with Gasteiger partial charge in [0.15, 0.2) is 29.0 Å². The highest BCUT2D eigenvalue weighted by Crippen LogP contribution is 2.47. The molecule has 5 atom stereocenters. The lowest BCUT2D eigenvalue weighted by Crippen LogP contribution is -2.35. The van der Waals surface area contributed by atoms with E-state index in [-0.39, 0.29) is 23.4 Å². The molecule has 1 N–H and O–H groups in total. The van der Waals surface area contributed by atoms with Crippen LogP contribution in [0.15, 0.2) is 30.6 Å². The van der Waals surface area contributed by atoms with Crippen molar-refractivity contribution in [3.8, 4) is 0 Å². The Balaban J connectivity index is 1.25. The van der Waals surface area contributed by atoms with Gasteiger partial charge in [-0.3, -0.25) is 4.57 Å². The van der Waals surface area contributed by atoms with Crippen LogP contribution >= 0.6 is 11.6 Å². The lowest BCUT2D eigenvalue weighted by molar-refractivity contribution is -0.199. The first-order valence-corrected chi connectivity index (χ1v) is 13.1. The number of rotatable bonds is 3. The maximum absolute atomic E-state index is 9.90. The maximum atomic E-state index is 9.90. The van der Waals surface area contributed by atoms with Crippen molar-refractivity contribution in [2.75, 3.05) is 24.6 Å². The van der Waals surface area contributed by atoms with Gasteiger partial charge in [0.1, 0.15) is 18.3 Å². The Bertz CT molecular complexity index is 1330. The average Bonchev–Trinajstić information content (AvgIpc) is 3.61. The fraction of sp³-hybridized carbons (Fsp3) is 0.577. The van der Waals surface area contributed by atoms with Crippen LogP contribution in [0.4, 0.5) is 5.82 Å². The highest BCUT2D eigenvalue weighted by molar-refractivity contribution is 6.28. The largest absolute Gasteiger partial charge is 0.394 e. The molecule has 3 aromatic rings. The van der Waals surface area contributed by atoms with Gasteiger partial charge in [0.25, 0.3) is 0 Å². The number of imidazole rings is 1. The molecule has 2 unspecified atom stereocenters. The summed E-state index contributed by atoms with van der Waals surface area (Å²) in [5, 5.41) is 10.1. The molecule has 3 fully saturated rings. The van der Waals surface area contributed by atoms with Crippen LogP contribution in [0, 0.1) is 0 Å². The van der Waals surface area contributed by atoms with Crippen LogP contribution in [0.1, 0.15) is 50.5 Å². The van der Waals surface area contributed by atoms with Gasteiger partial charge in [-0.2, -0.15) is 9.97 Å². The molecule has 36 heavy (non-hydrogen) atoms. The Morgan fingerprint density at radius 1 is 1.14 bits per heavy atom. The molecule has 10 heteroatoms. The van der Waals surface area contributed by atoms with Crippen molar-refractivity contribution in [2.24, 2.45) is 0 Å². The average molecular weight is 512 g/mol. The number of aliphatic hydroxyl groups excluding tert-OH is 1. The quantitative estimate of drug-likeness (QED) is 0.535. The Morgan fingerprint density at radius 2 is 1.97 bits per heavy atom. The van der Waals surface area contributed by atoms with Crippen molar-refractivity contribution >= 4 is 28.6 Å². The van der Waals surface area contributed by atoms with E-state index in [0.29, 0.717) is 11.2 Å². The number of aliphatic hydroxyl groups is 1. The summed E-state index contributed by atoms with van der Waals surface area (Å²) in [6, 6.07) is 8.86. The Hall–Kier alpha value is -2.30. The molecule has 0 amide bonds.